The van der Waals surface area contributed by atoms with Gasteiger partial charge in [0.1, 0.15) is 0 Å². The molecule has 0 fully saturated rings. The highest BCUT2D eigenvalue weighted by atomic mass is 127. The Labute approximate surface area is 109 Å². The van der Waals surface area contributed by atoms with Gasteiger partial charge >= 0.3 is 0 Å². The summed E-state index contributed by atoms with van der Waals surface area (Å²) in [4.78, 5) is 0. The van der Waals surface area contributed by atoms with Crippen LogP contribution in [0.2, 0.25) is 0 Å². The molecule has 0 N–H and O–H groups in total. The van der Waals surface area contributed by atoms with Crippen molar-refractivity contribution in [3.63, 3.8) is 0 Å². The van der Waals surface area contributed by atoms with Crippen LogP contribution in [0.4, 0.5) is 0 Å². The van der Waals surface area contributed by atoms with Gasteiger partial charge in [0.25, 0.3) is 0 Å². The fourth-order valence-electron chi connectivity index (χ4n) is 1.76. The van der Waals surface area contributed by atoms with E-state index in [4.69, 9.17) is 0 Å². The van der Waals surface area contributed by atoms with E-state index in [9.17, 15) is 0 Å². The van der Waals surface area contributed by atoms with E-state index in [0.717, 1.165) is 6.42 Å². The number of hydrogen-bond donors (Lipinski definition) is 0. The molecule has 0 aromatic heterocycles. The minimum Gasteiger partial charge on any atom is -0.0864 e. The zero-order valence-electron chi connectivity index (χ0n) is 8.74. The van der Waals surface area contributed by atoms with Crippen molar-refractivity contribution in [1.29, 1.82) is 0 Å². The minimum atomic E-state index is 1.14. The first-order chi connectivity index (χ1) is 6.69. The fraction of sp³-hybridized carbons (Fsp3) is 0.500. The van der Waals surface area contributed by atoms with Gasteiger partial charge in [-0.3, -0.25) is 0 Å². The second-order valence-electron chi connectivity index (χ2n) is 3.51. The first kappa shape index (κ1) is 12.5. The third-order valence-corrected chi connectivity index (χ3v) is 3.69. The van der Waals surface area contributed by atoms with Gasteiger partial charge in [0.15, 0.2) is 0 Å². The van der Waals surface area contributed by atoms with Gasteiger partial charge in [-0.2, -0.15) is 0 Å². The summed E-state index contributed by atoms with van der Waals surface area (Å²) in [6.45, 7) is 4.45. The molecular formula is C12H16BrI. The van der Waals surface area contributed by atoms with Crippen LogP contribution in [-0.2, 0) is 12.8 Å². The number of aryl methyl sites for hydroxylation is 2. The molecule has 0 nitrogen and oxygen atoms in total. The predicted octanol–water partition coefficient (Wildman–Crippen LogP) is 4.69. The average Bonchev–Trinajstić information content (AvgIpc) is 2.15. The maximum atomic E-state index is 3.55. The van der Waals surface area contributed by atoms with Crippen molar-refractivity contribution >= 4 is 38.5 Å². The summed E-state index contributed by atoms with van der Waals surface area (Å²) in [7, 11) is 0. The highest BCUT2D eigenvalue weighted by Gasteiger charge is 2.05. The summed E-state index contributed by atoms with van der Waals surface area (Å²) in [6.07, 6.45) is 3.65. The standard InChI is InChI=1S/C12H16BrI/c1-3-10-8-11(13)7-9(2)12(10)5-4-6-14/h7-8H,3-6H2,1-2H3. The molecule has 0 saturated carbocycles. The molecule has 78 valence electrons. The van der Waals surface area contributed by atoms with Gasteiger partial charge in [0, 0.05) is 4.47 Å². The minimum absolute atomic E-state index is 1.14. The van der Waals surface area contributed by atoms with E-state index >= 15 is 0 Å². The number of benzene rings is 1. The number of halogens is 2. The number of rotatable bonds is 4. The van der Waals surface area contributed by atoms with Crippen molar-refractivity contribution in [3.8, 4) is 0 Å². The van der Waals surface area contributed by atoms with Crippen LogP contribution in [0.3, 0.4) is 0 Å². The first-order valence-electron chi connectivity index (χ1n) is 5.03. The van der Waals surface area contributed by atoms with Crippen molar-refractivity contribution in [3.05, 3.63) is 33.3 Å². The van der Waals surface area contributed by atoms with Gasteiger partial charge in [-0.05, 0) is 59.4 Å². The molecule has 14 heavy (non-hydrogen) atoms. The normalized spacial score (nSPS) is 10.6. The smallest absolute Gasteiger partial charge is 0.0180 e. The summed E-state index contributed by atoms with van der Waals surface area (Å²) in [5, 5.41) is 0. The second-order valence-corrected chi connectivity index (χ2v) is 5.50. The van der Waals surface area contributed by atoms with Crippen LogP contribution in [0, 0.1) is 6.92 Å². The Hall–Kier alpha value is 0.430. The molecule has 0 aliphatic carbocycles. The lowest BCUT2D eigenvalue weighted by atomic mass is 9.96. The van der Waals surface area contributed by atoms with E-state index in [-0.39, 0.29) is 0 Å². The Kier molecular flexibility index (Phi) is 5.45. The summed E-state index contributed by atoms with van der Waals surface area (Å²) in [5.74, 6) is 0. The zero-order valence-corrected chi connectivity index (χ0v) is 12.5. The zero-order chi connectivity index (χ0) is 10.6. The molecule has 0 bridgehead atoms. The molecule has 1 aromatic rings. The van der Waals surface area contributed by atoms with E-state index in [1.54, 1.807) is 5.56 Å². The van der Waals surface area contributed by atoms with Gasteiger partial charge in [-0.1, -0.05) is 45.4 Å². The number of hydrogen-bond acceptors (Lipinski definition) is 0. The van der Waals surface area contributed by atoms with Gasteiger partial charge < -0.3 is 0 Å². The highest BCUT2D eigenvalue weighted by molar-refractivity contribution is 14.1. The van der Waals surface area contributed by atoms with Crippen LogP contribution in [0.5, 0.6) is 0 Å². The summed E-state index contributed by atoms with van der Waals surface area (Å²) >= 11 is 6.00. The van der Waals surface area contributed by atoms with Crippen molar-refractivity contribution in [1.82, 2.24) is 0 Å². The van der Waals surface area contributed by atoms with Crippen LogP contribution in [-0.4, -0.2) is 4.43 Å². The molecule has 0 saturated heterocycles. The average molecular weight is 367 g/mol. The predicted molar refractivity (Wildman–Crippen MR) is 75.5 cm³/mol. The summed E-state index contributed by atoms with van der Waals surface area (Å²) in [6, 6.07) is 4.48. The Morgan fingerprint density at radius 2 is 2.07 bits per heavy atom. The van der Waals surface area contributed by atoms with Gasteiger partial charge in [-0.25, -0.2) is 0 Å². The van der Waals surface area contributed by atoms with Crippen molar-refractivity contribution in [2.75, 3.05) is 4.43 Å². The maximum Gasteiger partial charge on any atom is 0.0180 e. The summed E-state index contributed by atoms with van der Waals surface area (Å²) < 4.78 is 2.46. The molecule has 0 aliphatic rings. The SMILES string of the molecule is CCc1cc(Br)cc(C)c1CCCI. The Balaban J connectivity index is 2.99. The van der Waals surface area contributed by atoms with E-state index in [1.807, 2.05) is 0 Å². The Morgan fingerprint density at radius 3 is 2.64 bits per heavy atom. The maximum absolute atomic E-state index is 3.55. The molecule has 2 heteroatoms. The van der Waals surface area contributed by atoms with Crippen LogP contribution in [0.1, 0.15) is 30.0 Å². The molecule has 0 heterocycles. The molecule has 0 aliphatic heterocycles. The van der Waals surface area contributed by atoms with Gasteiger partial charge in [0.2, 0.25) is 0 Å². The molecule has 0 unspecified atom stereocenters. The molecular weight excluding hydrogens is 351 g/mol. The second kappa shape index (κ2) is 6.11. The lowest BCUT2D eigenvalue weighted by molar-refractivity contribution is 0.906. The fourth-order valence-corrected chi connectivity index (χ4v) is 2.76. The van der Waals surface area contributed by atoms with E-state index in [0.29, 0.717) is 0 Å². The highest BCUT2D eigenvalue weighted by Crippen LogP contribution is 2.23. The third-order valence-electron chi connectivity index (χ3n) is 2.47. The third kappa shape index (κ3) is 3.23. The molecule has 0 spiro atoms. The summed E-state index contributed by atoms with van der Waals surface area (Å²) in [5.41, 5.74) is 4.50. The molecule has 1 aromatic carbocycles. The van der Waals surface area contributed by atoms with Crippen LogP contribution < -0.4 is 0 Å². The molecule has 0 radical (unpaired) electrons. The number of alkyl halides is 1. The molecule has 1 rings (SSSR count). The van der Waals surface area contributed by atoms with Gasteiger partial charge in [0.05, 0.1) is 0 Å². The lowest BCUT2D eigenvalue weighted by Crippen LogP contribution is -1.97. The van der Waals surface area contributed by atoms with Crippen molar-refractivity contribution < 1.29 is 0 Å². The van der Waals surface area contributed by atoms with Crippen molar-refractivity contribution in [2.45, 2.75) is 33.1 Å². The Bertz CT molecular complexity index is 307. The van der Waals surface area contributed by atoms with Crippen molar-refractivity contribution in [2.24, 2.45) is 0 Å². The largest absolute Gasteiger partial charge is 0.0864 e. The topological polar surface area (TPSA) is 0 Å². The molecule has 0 atom stereocenters. The molecule has 0 amide bonds. The van der Waals surface area contributed by atoms with Crippen LogP contribution in [0.15, 0.2) is 16.6 Å². The monoisotopic (exact) mass is 366 g/mol. The van der Waals surface area contributed by atoms with E-state index in [1.165, 1.54) is 32.9 Å². The Morgan fingerprint density at radius 1 is 1.36 bits per heavy atom. The first-order valence-corrected chi connectivity index (χ1v) is 7.34. The van der Waals surface area contributed by atoms with E-state index < -0.39 is 0 Å². The van der Waals surface area contributed by atoms with Gasteiger partial charge in [-0.15, -0.1) is 0 Å². The van der Waals surface area contributed by atoms with Crippen LogP contribution in [0.25, 0.3) is 0 Å². The quantitative estimate of drug-likeness (QED) is 0.535. The lowest BCUT2D eigenvalue weighted by Gasteiger charge is -2.11. The van der Waals surface area contributed by atoms with E-state index in [2.05, 4.69) is 64.5 Å². The van der Waals surface area contributed by atoms with Crippen LogP contribution >= 0.6 is 38.5 Å².